The molecular weight excluding hydrogens is 294 g/mol. The van der Waals surface area contributed by atoms with Gasteiger partial charge in [0.1, 0.15) is 11.3 Å². The van der Waals surface area contributed by atoms with Gasteiger partial charge in [-0.15, -0.1) is 0 Å². The number of non-ortho nitro benzene ring substituents is 1. The van der Waals surface area contributed by atoms with Crippen molar-refractivity contribution >= 4 is 17.3 Å². The van der Waals surface area contributed by atoms with E-state index >= 15 is 0 Å². The normalized spacial score (nSPS) is 13.5. The number of nitrogens with one attached hydrogen (secondary N) is 1. The average molecular weight is 312 g/mol. The molecule has 7 heteroatoms. The highest BCUT2D eigenvalue weighted by Crippen LogP contribution is 2.29. The maximum absolute atomic E-state index is 10.7. The van der Waals surface area contributed by atoms with Crippen LogP contribution in [-0.4, -0.2) is 23.1 Å². The molecule has 0 aliphatic carbocycles. The third-order valence-electron chi connectivity index (χ3n) is 2.84. The number of nitrogens with zero attached hydrogens (tertiary/aromatic N) is 2. The first-order valence-electron chi connectivity index (χ1n) is 6.53. The maximum atomic E-state index is 10.7. The molecule has 1 aromatic carbocycles. The molecule has 21 heavy (non-hydrogen) atoms. The first kappa shape index (κ1) is 17.2. The number of benzene rings is 1. The minimum absolute atomic E-state index is 0.0854. The van der Waals surface area contributed by atoms with Crippen LogP contribution in [0.5, 0.6) is 5.75 Å². The number of nitro benzene ring substituents is 1. The van der Waals surface area contributed by atoms with Gasteiger partial charge in [-0.3, -0.25) is 15.4 Å². The van der Waals surface area contributed by atoms with Gasteiger partial charge in [-0.1, -0.05) is 11.6 Å². The smallest absolute Gasteiger partial charge is 0.273 e. The SMILES string of the molecule is CC(C)NC(C)(C#N)CCOc1cc([N+](=O)[O-])ccc1Cl. The summed E-state index contributed by atoms with van der Waals surface area (Å²) >= 11 is 5.94. The van der Waals surface area contributed by atoms with Crippen LogP contribution in [0.25, 0.3) is 0 Å². The largest absolute Gasteiger partial charge is 0.492 e. The van der Waals surface area contributed by atoms with E-state index in [1.807, 2.05) is 13.8 Å². The summed E-state index contributed by atoms with van der Waals surface area (Å²) in [6.07, 6.45) is 0.431. The zero-order valence-corrected chi connectivity index (χ0v) is 13.0. The van der Waals surface area contributed by atoms with Crippen LogP contribution in [0.4, 0.5) is 5.69 Å². The predicted octanol–water partition coefficient (Wildman–Crippen LogP) is 3.30. The monoisotopic (exact) mass is 311 g/mol. The number of nitriles is 1. The molecule has 0 aromatic heterocycles. The number of rotatable bonds is 7. The third kappa shape index (κ3) is 5.21. The van der Waals surface area contributed by atoms with Gasteiger partial charge in [-0.2, -0.15) is 5.26 Å². The molecular formula is C14H18ClN3O3. The van der Waals surface area contributed by atoms with Crippen molar-refractivity contribution in [1.82, 2.24) is 5.32 Å². The summed E-state index contributed by atoms with van der Waals surface area (Å²) in [6, 6.07) is 6.39. The van der Waals surface area contributed by atoms with Gasteiger partial charge in [-0.05, 0) is 26.8 Å². The second kappa shape index (κ2) is 7.25. The van der Waals surface area contributed by atoms with Crippen LogP contribution in [0.2, 0.25) is 5.02 Å². The van der Waals surface area contributed by atoms with Gasteiger partial charge in [0.25, 0.3) is 5.69 Å². The summed E-state index contributed by atoms with van der Waals surface area (Å²) in [5.41, 5.74) is -0.806. The fourth-order valence-electron chi connectivity index (χ4n) is 1.88. The van der Waals surface area contributed by atoms with Crippen molar-refractivity contribution in [3.63, 3.8) is 0 Å². The van der Waals surface area contributed by atoms with Gasteiger partial charge < -0.3 is 4.74 Å². The Hall–Kier alpha value is -1.84. The molecule has 0 bridgehead atoms. The molecule has 114 valence electrons. The Kier molecular flexibility index (Phi) is 5.94. The topological polar surface area (TPSA) is 88.2 Å². The Morgan fingerprint density at radius 3 is 2.76 bits per heavy atom. The Morgan fingerprint density at radius 1 is 1.57 bits per heavy atom. The molecule has 0 fully saturated rings. The number of ether oxygens (including phenoxy) is 1. The zero-order valence-electron chi connectivity index (χ0n) is 12.2. The minimum Gasteiger partial charge on any atom is -0.492 e. The zero-order chi connectivity index (χ0) is 16.0. The van der Waals surface area contributed by atoms with E-state index < -0.39 is 10.5 Å². The highest BCUT2D eigenvalue weighted by molar-refractivity contribution is 6.32. The van der Waals surface area contributed by atoms with E-state index in [2.05, 4.69) is 11.4 Å². The van der Waals surface area contributed by atoms with E-state index in [0.717, 1.165) is 0 Å². The van der Waals surface area contributed by atoms with Crippen LogP contribution >= 0.6 is 11.6 Å². The van der Waals surface area contributed by atoms with Crippen molar-refractivity contribution in [2.75, 3.05) is 6.61 Å². The van der Waals surface area contributed by atoms with Crippen molar-refractivity contribution in [3.05, 3.63) is 33.3 Å². The molecule has 0 aliphatic rings. The van der Waals surface area contributed by atoms with Crippen molar-refractivity contribution in [2.45, 2.75) is 38.8 Å². The highest BCUT2D eigenvalue weighted by Gasteiger charge is 2.24. The lowest BCUT2D eigenvalue weighted by Crippen LogP contribution is -2.45. The molecule has 1 atom stereocenters. The predicted molar refractivity (Wildman–Crippen MR) is 80.5 cm³/mol. The lowest BCUT2D eigenvalue weighted by Gasteiger charge is -2.25. The van der Waals surface area contributed by atoms with Crippen LogP contribution < -0.4 is 10.1 Å². The molecule has 0 heterocycles. The Labute approximate surface area is 128 Å². The molecule has 1 rings (SSSR count). The molecule has 0 saturated carbocycles. The molecule has 1 unspecified atom stereocenters. The quantitative estimate of drug-likeness (QED) is 0.616. The Balaban J connectivity index is 2.69. The molecule has 1 N–H and O–H groups in total. The Morgan fingerprint density at radius 2 is 2.24 bits per heavy atom. The first-order valence-corrected chi connectivity index (χ1v) is 6.91. The van der Waals surface area contributed by atoms with Crippen LogP contribution in [-0.2, 0) is 0 Å². The van der Waals surface area contributed by atoms with E-state index in [1.54, 1.807) is 6.92 Å². The third-order valence-corrected chi connectivity index (χ3v) is 3.15. The Bertz CT molecular complexity index is 557. The van der Waals surface area contributed by atoms with E-state index in [0.29, 0.717) is 11.4 Å². The van der Waals surface area contributed by atoms with Crippen LogP contribution in [0, 0.1) is 21.4 Å². The fourth-order valence-corrected chi connectivity index (χ4v) is 2.05. The summed E-state index contributed by atoms with van der Waals surface area (Å²) < 4.78 is 5.48. The van der Waals surface area contributed by atoms with Crippen LogP contribution in [0.15, 0.2) is 18.2 Å². The first-order chi connectivity index (χ1) is 9.77. The number of hydrogen-bond acceptors (Lipinski definition) is 5. The molecule has 0 amide bonds. The number of halogens is 1. The molecule has 0 spiro atoms. The number of hydrogen-bond donors (Lipinski definition) is 1. The summed E-state index contributed by atoms with van der Waals surface area (Å²) in [5, 5.41) is 23.4. The van der Waals surface area contributed by atoms with Crippen molar-refractivity contribution in [1.29, 1.82) is 5.26 Å². The maximum Gasteiger partial charge on any atom is 0.273 e. The number of nitro groups is 1. The van der Waals surface area contributed by atoms with Crippen molar-refractivity contribution in [2.24, 2.45) is 0 Å². The van der Waals surface area contributed by atoms with Gasteiger partial charge in [0.2, 0.25) is 0 Å². The van der Waals surface area contributed by atoms with E-state index in [1.165, 1.54) is 18.2 Å². The standard InChI is InChI=1S/C14H18ClN3O3/c1-10(2)17-14(3,9-16)6-7-21-13-8-11(18(19)20)4-5-12(13)15/h4-5,8,10,17H,6-7H2,1-3H3. The van der Waals surface area contributed by atoms with E-state index in [9.17, 15) is 15.4 Å². The molecule has 0 radical (unpaired) electrons. The van der Waals surface area contributed by atoms with E-state index in [4.69, 9.17) is 16.3 Å². The summed E-state index contributed by atoms with van der Waals surface area (Å²) in [4.78, 5) is 10.2. The highest BCUT2D eigenvalue weighted by atomic mass is 35.5. The van der Waals surface area contributed by atoms with Crippen molar-refractivity contribution in [3.8, 4) is 11.8 Å². The van der Waals surface area contributed by atoms with Crippen molar-refractivity contribution < 1.29 is 9.66 Å². The molecule has 1 aromatic rings. The molecule has 6 nitrogen and oxygen atoms in total. The van der Waals surface area contributed by atoms with Gasteiger partial charge in [0, 0.05) is 18.5 Å². The van der Waals surface area contributed by atoms with Gasteiger partial charge in [-0.25, -0.2) is 0 Å². The lowest BCUT2D eigenvalue weighted by molar-refractivity contribution is -0.384. The summed E-state index contributed by atoms with van der Waals surface area (Å²) in [7, 11) is 0. The van der Waals surface area contributed by atoms with Gasteiger partial charge >= 0.3 is 0 Å². The van der Waals surface area contributed by atoms with Gasteiger partial charge in [0.15, 0.2) is 0 Å². The summed E-state index contributed by atoms with van der Waals surface area (Å²) in [5.74, 6) is 0.246. The average Bonchev–Trinajstić information content (AvgIpc) is 2.39. The van der Waals surface area contributed by atoms with Crippen LogP contribution in [0.1, 0.15) is 27.2 Å². The van der Waals surface area contributed by atoms with Crippen LogP contribution in [0.3, 0.4) is 0 Å². The lowest BCUT2D eigenvalue weighted by atomic mass is 9.99. The molecule has 0 aliphatic heterocycles. The second-order valence-corrected chi connectivity index (χ2v) is 5.62. The summed E-state index contributed by atoms with van der Waals surface area (Å²) in [6.45, 7) is 5.91. The second-order valence-electron chi connectivity index (χ2n) is 5.21. The van der Waals surface area contributed by atoms with E-state index in [-0.39, 0.29) is 24.1 Å². The fraction of sp³-hybridized carbons (Fsp3) is 0.500. The van der Waals surface area contributed by atoms with Gasteiger partial charge in [0.05, 0.1) is 28.7 Å². The minimum atomic E-state index is -0.721. The molecule has 0 saturated heterocycles.